The van der Waals surface area contributed by atoms with Gasteiger partial charge in [-0.3, -0.25) is 0 Å². The summed E-state index contributed by atoms with van der Waals surface area (Å²) in [5.74, 6) is 2.29. The quantitative estimate of drug-likeness (QED) is 0.389. The van der Waals surface area contributed by atoms with Crippen LogP contribution in [-0.2, 0) is 0 Å². The van der Waals surface area contributed by atoms with Crippen LogP contribution in [0.2, 0.25) is 5.15 Å². The molecule has 2 rings (SSSR count). The molecule has 0 radical (unpaired) electrons. The molecule has 0 saturated carbocycles. The van der Waals surface area contributed by atoms with Crippen LogP contribution in [-0.4, -0.2) is 43.9 Å². The summed E-state index contributed by atoms with van der Waals surface area (Å²) in [6, 6.07) is 3.10. The minimum Gasteiger partial charge on any atom is -0.850 e. The van der Waals surface area contributed by atoms with Crippen LogP contribution >= 0.6 is 11.6 Å². The van der Waals surface area contributed by atoms with E-state index in [0.717, 1.165) is 0 Å². The second-order valence-electron chi connectivity index (χ2n) is 7.94. The molecule has 11 heteroatoms. The number of halogens is 1. The molecule has 2 aromatic rings. The Morgan fingerprint density at radius 2 is 1.39 bits per heavy atom. The zero-order valence-electron chi connectivity index (χ0n) is 20.0. The van der Waals surface area contributed by atoms with E-state index in [9.17, 15) is 5.11 Å². The summed E-state index contributed by atoms with van der Waals surface area (Å²) in [5.41, 5.74) is 9.91. The maximum absolute atomic E-state index is 10.1. The van der Waals surface area contributed by atoms with Gasteiger partial charge in [0.2, 0.25) is 5.88 Å². The van der Waals surface area contributed by atoms with E-state index in [1.54, 1.807) is 26.8 Å². The first kappa shape index (κ1) is 35.0. The van der Waals surface area contributed by atoms with Crippen LogP contribution in [0, 0.1) is 11.8 Å². The molecule has 0 aromatic carbocycles. The number of aliphatic hydroxyl groups excluding tert-OH is 1. The second kappa shape index (κ2) is 20.0. The topological polar surface area (TPSA) is 156 Å². The third-order valence-corrected chi connectivity index (χ3v) is 2.45. The number of nitrogens with two attached hydrogens (primary N) is 2. The maximum Gasteiger partial charge on any atom is 1.00 e. The van der Waals surface area contributed by atoms with Crippen molar-refractivity contribution in [2.45, 2.75) is 54.1 Å². The minimum atomic E-state index is -0.750. The van der Waals surface area contributed by atoms with E-state index in [1.165, 1.54) is 18.7 Å². The van der Waals surface area contributed by atoms with E-state index in [1.807, 2.05) is 13.8 Å². The predicted molar refractivity (Wildman–Crippen MR) is 120 cm³/mol. The molecule has 0 unspecified atom stereocenters. The summed E-state index contributed by atoms with van der Waals surface area (Å²) in [4.78, 5) is 14.9. The third-order valence-electron chi connectivity index (χ3n) is 2.25. The first-order valence-corrected chi connectivity index (χ1v) is 9.87. The smallest absolute Gasteiger partial charge is 0.850 e. The molecule has 0 aliphatic carbocycles. The number of nitrogen functional groups attached to an aromatic ring is 2. The van der Waals surface area contributed by atoms with Gasteiger partial charge in [0.05, 0.1) is 6.61 Å². The van der Waals surface area contributed by atoms with Crippen molar-refractivity contribution in [3.63, 3.8) is 0 Å². The van der Waals surface area contributed by atoms with Crippen molar-refractivity contribution >= 4 is 23.2 Å². The van der Waals surface area contributed by atoms with Gasteiger partial charge in [-0.2, -0.15) is 0 Å². The second-order valence-corrected chi connectivity index (χ2v) is 8.33. The molecule has 172 valence electrons. The normalized spacial score (nSPS) is 9.81. The van der Waals surface area contributed by atoms with E-state index in [0.29, 0.717) is 47.7 Å². The fourth-order valence-electron chi connectivity index (χ4n) is 1.03. The summed E-state index contributed by atoms with van der Waals surface area (Å²) in [5, 5.41) is 18.6. The molecule has 0 spiro atoms. The van der Waals surface area contributed by atoms with Crippen LogP contribution in [0.25, 0.3) is 0 Å². The van der Waals surface area contributed by atoms with E-state index in [2.05, 4.69) is 33.8 Å². The Morgan fingerprint density at radius 1 is 0.968 bits per heavy atom. The molecule has 0 aliphatic rings. The summed E-state index contributed by atoms with van der Waals surface area (Å²) < 4.78 is 5.32. The monoisotopic (exact) mass is 482 g/mol. The van der Waals surface area contributed by atoms with E-state index >= 15 is 0 Å². The molecule has 0 fully saturated rings. The van der Waals surface area contributed by atoms with E-state index in [-0.39, 0.29) is 51.4 Å². The third kappa shape index (κ3) is 31.7. The summed E-state index contributed by atoms with van der Waals surface area (Å²) >= 11 is 5.41. The zero-order chi connectivity index (χ0) is 23.7. The van der Waals surface area contributed by atoms with Gasteiger partial charge in [-0.25, -0.2) is 19.9 Å². The molecule has 2 aromatic heterocycles. The number of hydrogen-bond acceptors (Lipinski definition) is 9. The van der Waals surface area contributed by atoms with Crippen molar-refractivity contribution in [2.75, 3.05) is 24.7 Å². The number of hydrogen-bond donors (Lipinski definition) is 3. The average Bonchev–Trinajstić information content (AvgIpc) is 2.59. The van der Waals surface area contributed by atoms with Crippen LogP contribution in [0.3, 0.4) is 0 Å². The van der Waals surface area contributed by atoms with Gasteiger partial charge in [-0.15, -0.1) is 5.60 Å². The van der Waals surface area contributed by atoms with Crippen molar-refractivity contribution in [1.82, 2.24) is 19.9 Å². The van der Waals surface area contributed by atoms with Gasteiger partial charge in [0, 0.05) is 18.7 Å². The molecular weight excluding hydrogens is 447 g/mol. The Bertz CT molecular complexity index is 665. The molecule has 0 bridgehead atoms. The first-order valence-electron chi connectivity index (χ1n) is 9.49. The van der Waals surface area contributed by atoms with E-state index < -0.39 is 5.60 Å². The summed E-state index contributed by atoms with van der Waals surface area (Å²) in [7, 11) is 0. The predicted octanol–water partition coefficient (Wildman–Crippen LogP) is -0.410. The fraction of sp³-hybridized carbons (Fsp3) is 0.600. The van der Waals surface area contributed by atoms with E-state index in [4.69, 9.17) is 32.9 Å². The van der Waals surface area contributed by atoms with Crippen LogP contribution < -0.4 is 72.7 Å². The Kier molecular flexibility index (Phi) is 22.6. The Hall–Kier alpha value is -0.594. The molecule has 0 saturated heterocycles. The Balaban J connectivity index is -0.000000360. The molecule has 0 atom stereocenters. The van der Waals surface area contributed by atoms with Crippen molar-refractivity contribution in [1.29, 1.82) is 0 Å². The van der Waals surface area contributed by atoms with Gasteiger partial charge in [-0.05, 0) is 11.8 Å². The van der Waals surface area contributed by atoms with Crippen molar-refractivity contribution in [2.24, 2.45) is 11.8 Å². The van der Waals surface area contributed by atoms with Gasteiger partial charge in [0.1, 0.15) is 29.4 Å². The van der Waals surface area contributed by atoms with Crippen LogP contribution in [0.4, 0.5) is 11.6 Å². The molecule has 2 heterocycles. The van der Waals surface area contributed by atoms with Crippen LogP contribution in [0.1, 0.15) is 48.5 Å². The maximum atomic E-state index is 10.1. The van der Waals surface area contributed by atoms with Gasteiger partial charge in [-0.1, -0.05) is 60.1 Å². The average molecular weight is 483 g/mol. The molecule has 0 amide bonds. The van der Waals surface area contributed by atoms with Gasteiger partial charge >= 0.3 is 51.4 Å². The minimum absolute atomic E-state index is 0. The summed E-state index contributed by atoms with van der Waals surface area (Å²) in [6.45, 7) is 13.9. The van der Waals surface area contributed by atoms with Crippen molar-refractivity contribution in [3.05, 3.63) is 29.9 Å². The van der Waals surface area contributed by atoms with Gasteiger partial charge < -0.3 is 26.4 Å². The van der Waals surface area contributed by atoms with Crippen LogP contribution in [0.15, 0.2) is 24.8 Å². The van der Waals surface area contributed by atoms with Crippen molar-refractivity contribution in [3.8, 4) is 5.88 Å². The molecular formula is C20H36ClKN6O3. The number of nitrogens with zero attached hydrogens (tertiary/aromatic N) is 4. The fourth-order valence-corrected chi connectivity index (χ4v) is 1.19. The first-order chi connectivity index (χ1) is 13.7. The summed E-state index contributed by atoms with van der Waals surface area (Å²) in [6.07, 6.45) is 2.71. The number of aliphatic hydroxyl groups is 1. The van der Waals surface area contributed by atoms with Crippen molar-refractivity contribution < 1.29 is 66.3 Å². The Morgan fingerprint density at radius 3 is 1.68 bits per heavy atom. The zero-order valence-corrected chi connectivity index (χ0v) is 23.8. The molecule has 31 heavy (non-hydrogen) atoms. The largest absolute Gasteiger partial charge is 1.00 e. The van der Waals surface area contributed by atoms with Gasteiger partial charge in [0.15, 0.2) is 0 Å². The molecule has 0 aliphatic heterocycles. The number of anilines is 2. The standard InChI is InChI=1S/C8H13N3O.C4H4ClN3.C4H9O.C4H10O.K/c1-6(2)4-12-8-3-7(9)10-5-11-8;5-3-1-4(6)8-2-7-3;1-4(2,3)5;1-4(2)3-5;/h3,5-6H,4H2,1-2H3,(H2,9,10,11);1-2H,(H2,6,7,8);1-3H3;4-5H,3H2,1-2H3;/q;;-1;;+1. The molecule has 9 nitrogen and oxygen atoms in total. The molecule has 5 N–H and O–H groups in total. The SMILES string of the molecule is CC(C)(C)[O-].CC(C)CO.CC(C)COc1cc(N)ncn1.Nc1cc(Cl)ncn1.[K+]. The number of ether oxygens (including phenoxy) is 1. The van der Waals surface area contributed by atoms with Gasteiger partial charge in [0.25, 0.3) is 0 Å². The van der Waals surface area contributed by atoms with Crippen LogP contribution in [0.5, 0.6) is 5.88 Å². The number of rotatable bonds is 4. The Labute approximate surface area is 233 Å². The number of aromatic nitrogens is 4.